The molecule has 6 nitrogen and oxygen atoms in total. The maximum Gasteiger partial charge on any atom is 0.241 e. The fraction of sp³-hybridized carbons (Fsp3) is 0.588. The van der Waals surface area contributed by atoms with Crippen molar-refractivity contribution in [3.63, 3.8) is 0 Å². The molecule has 136 valence electrons. The summed E-state index contributed by atoms with van der Waals surface area (Å²) in [6.07, 6.45) is 1.00. The molecule has 1 aromatic carbocycles. The van der Waals surface area contributed by atoms with Crippen LogP contribution in [0.4, 0.5) is 0 Å². The van der Waals surface area contributed by atoms with E-state index in [1.165, 1.54) is 0 Å². The molecule has 1 amide bonds. The SMILES string of the molecule is CCOCCCC(=O)NCc1ccccc1S(=O)(=O)NC(C)(C)C. The van der Waals surface area contributed by atoms with Gasteiger partial charge in [-0.3, -0.25) is 4.79 Å². The van der Waals surface area contributed by atoms with Crippen LogP contribution in [0.2, 0.25) is 0 Å². The molecule has 1 aromatic rings. The zero-order valence-corrected chi connectivity index (χ0v) is 15.7. The first-order valence-electron chi connectivity index (χ1n) is 8.12. The zero-order chi connectivity index (χ0) is 18.2. The second-order valence-electron chi connectivity index (χ2n) is 6.54. The maximum atomic E-state index is 12.5. The Morgan fingerprint density at radius 2 is 1.88 bits per heavy atom. The third kappa shape index (κ3) is 7.42. The second-order valence-corrected chi connectivity index (χ2v) is 8.19. The van der Waals surface area contributed by atoms with Gasteiger partial charge in [0.05, 0.1) is 4.90 Å². The van der Waals surface area contributed by atoms with Gasteiger partial charge in [-0.2, -0.15) is 0 Å². The number of amides is 1. The average molecular weight is 356 g/mol. The van der Waals surface area contributed by atoms with Crippen LogP contribution in [0.15, 0.2) is 29.2 Å². The highest BCUT2D eigenvalue weighted by molar-refractivity contribution is 7.89. The van der Waals surface area contributed by atoms with Gasteiger partial charge in [-0.25, -0.2) is 13.1 Å². The first-order chi connectivity index (χ1) is 11.2. The Morgan fingerprint density at radius 3 is 2.50 bits per heavy atom. The highest BCUT2D eigenvalue weighted by atomic mass is 32.2. The van der Waals surface area contributed by atoms with Gasteiger partial charge in [-0.05, 0) is 45.7 Å². The molecular formula is C17H28N2O4S. The first-order valence-corrected chi connectivity index (χ1v) is 9.60. The molecule has 0 aromatic heterocycles. The van der Waals surface area contributed by atoms with E-state index in [0.29, 0.717) is 31.6 Å². The number of carbonyl (C=O) groups excluding carboxylic acids is 1. The van der Waals surface area contributed by atoms with E-state index in [1.807, 2.05) is 6.92 Å². The number of sulfonamides is 1. The van der Waals surface area contributed by atoms with Crippen molar-refractivity contribution < 1.29 is 17.9 Å². The van der Waals surface area contributed by atoms with Crippen LogP contribution in [-0.4, -0.2) is 33.1 Å². The summed E-state index contributed by atoms with van der Waals surface area (Å²) >= 11 is 0. The molecule has 2 N–H and O–H groups in total. The number of rotatable bonds is 9. The van der Waals surface area contributed by atoms with E-state index in [9.17, 15) is 13.2 Å². The molecule has 7 heteroatoms. The highest BCUT2D eigenvalue weighted by Gasteiger charge is 2.24. The van der Waals surface area contributed by atoms with Gasteiger partial charge >= 0.3 is 0 Å². The number of nitrogens with one attached hydrogen (secondary N) is 2. The summed E-state index contributed by atoms with van der Waals surface area (Å²) in [4.78, 5) is 12.0. The molecule has 0 aliphatic rings. The first kappa shape index (κ1) is 20.6. The Kier molecular flexibility index (Phi) is 7.86. The minimum Gasteiger partial charge on any atom is -0.382 e. The van der Waals surface area contributed by atoms with E-state index in [4.69, 9.17) is 4.74 Å². The number of hydrogen-bond acceptors (Lipinski definition) is 4. The van der Waals surface area contributed by atoms with Gasteiger partial charge in [0.1, 0.15) is 0 Å². The third-order valence-electron chi connectivity index (χ3n) is 3.08. The molecule has 0 aliphatic heterocycles. The number of hydrogen-bond donors (Lipinski definition) is 2. The van der Waals surface area contributed by atoms with Crippen LogP contribution in [0, 0.1) is 0 Å². The van der Waals surface area contributed by atoms with Crippen molar-refractivity contribution >= 4 is 15.9 Å². The van der Waals surface area contributed by atoms with E-state index in [2.05, 4.69) is 10.0 Å². The van der Waals surface area contributed by atoms with Crippen molar-refractivity contribution in [3.8, 4) is 0 Å². The standard InChI is InChI=1S/C17H28N2O4S/c1-5-23-12-8-11-16(20)18-13-14-9-6-7-10-15(14)24(21,22)19-17(2,3)4/h6-7,9-10,19H,5,8,11-13H2,1-4H3,(H,18,20). The Balaban J connectivity index is 2.72. The summed E-state index contributed by atoms with van der Waals surface area (Å²) in [6.45, 7) is 8.61. The summed E-state index contributed by atoms with van der Waals surface area (Å²) in [5.41, 5.74) is -0.0125. The molecule has 0 bridgehead atoms. The molecule has 0 unspecified atom stereocenters. The van der Waals surface area contributed by atoms with Crippen molar-refractivity contribution in [3.05, 3.63) is 29.8 Å². The lowest BCUT2D eigenvalue weighted by Crippen LogP contribution is -2.41. The molecular weight excluding hydrogens is 328 g/mol. The van der Waals surface area contributed by atoms with Crippen LogP contribution in [0.25, 0.3) is 0 Å². The molecule has 0 heterocycles. The van der Waals surface area contributed by atoms with E-state index in [1.54, 1.807) is 45.0 Å². The Bertz CT molecular complexity index is 636. The lowest BCUT2D eigenvalue weighted by molar-refractivity contribution is -0.121. The molecule has 0 atom stereocenters. The smallest absolute Gasteiger partial charge is 0.241 e. The van der Waals surface area contributed by atoms with Gasteiger partial charge in [0.2, 0.25) is 15.9 Å². The molecule has 0 spiro atoms. The predicted molar refractivity (Wildman–Crippen MR) is 94.1 cm³/mol. The zero-order valence-electron chi connectivity index (χ0n) is 14.9. The van der Waals surface area contributed by atoms with Crippen molar-refractivity contribution in [2.75, 3.05) is 13.2 Å². The summed E-state index contributed by atoms with van der Waals surface area (Å²) < 4.78 is 32.9. The van der Waals surface area contributed by atoms with Crippen molar-refractivity contribution in [2.24, 2.45) is 0 Å². The molecule has 0 saturated heterocycles. The van der Waals surface area contributed by atoms with E-state index >= 15 is 0 Å². The van der Waals surface area contributed by atoms with Gasteiger partial charge in [0.25, 0.3) is 0 Å². The monoisotopic (exact) mass is 356 g/mol. The number of ether oxygens (including phenoxy) is 1. The Morgan fingerprint density at radius 1 is 1.21 bits per heavy atom. The largest absolute Gasteiger partial charge is 0.382 e. The van der Waals surface area contributed by atoms with Gasteiger partial charge in [0.15, 0.2) is 0 Å². The minimum absolute atomic E-state index is 0.120. The van der Waals surface area contributed by atoms with Crippen LogP contribution in [0.1, 0.15) is 46.1 Å². The molecule has 1 rings (SSSR count). The Hall–Kier alpha value is -1.44. The van der Waals surface area contributed by atoms with Gasteiger partial charge in [-0.15, -0.1) is 0 Å². The van der Waals surface area contributed by atoms with Crippen LogP contribution in [-0.2, 0) is 26.1 Å². The van der Waals surface area contributed by atoms with Crippen molar-refractivity contribution in [1.29, 1.82) is 0 Å². The topological polar surface area (TPSA) is 84.5 Å². The molecule has 0 saturated carbocycles. The normalized spacial score (nSPS) is 12.2. The van der Waals surface area contributed by atoms with Crippen molar-refractivity contribution in [1.82, 2.24) is 10.0 Å². The summed E-state index contributed by atoms with van der Waals surface area (Å²) in [5, 5.41) is 2.76. The quantitative estimate of drug-likeness (QED) is 0.664. The average Bonchev–Trinajstić information content (AvgIpc) is 2.47. The van der Waals surface area contributed by atoms with E-state index < -0.39 is 15.6 Å². The van der Waals surface area contributed by atoms with E-state index in [0.717, 1.165) is 0 Å². The van der Waals surface area contributed by atoms with Gasteiger partial charge in [-0.1, -0.05) is 18.2 Å². The van der Waals surface area contributed by atoms with Crippen LogP contribution < -0.4 is 10.0 Å². The fourth-order valence-electron chi connectivity index (χ4n) is 2.13. The van der Waals surface area contributed by atoms with E-state index in [-0.39, 0.29) is 17.3 Å². The summed E-state index contributed by atoms with van der Waals surface area (Å²) in [6, 6.07) is 6.68. The van der Waals surface area contributed by atoms with Gasteiger partial charge in [0, 0.05) is 31.7 Å². The molecule has 24 heavy (non-hydrogen) atoms. The number of benzene rings is 1. The Labute approximate surface area is 145 Å². The highest BCUT2D eigenvalue weighted by Crippen LogP contribution is 2.17. The minimum atomic E-state index is -3.64. The molecule has 0 aliphatic carbocycles. The lowest BCUT2D eigenvalue weighted by atomic mass is 10.1. The number of carbonyl (C=O) groups is 1. The summed E-state index contributed by atoms with van der Waals surface area (Å²) in [5.74, 6) is -0.120. The van der Waals surface area contributed by atoms with Gasteiger partial charge < -0.3 is 10.1 Å². The van der Waals surface area contributed by atoms with Crippen molar-refractivity contribution in [2.45, 2.75) is 57.5 Å². The second kappa shape index (κ2) is 9.15. The molecule has 0 radical (unpaired) electrons. The van der Waals surface area contributed by atoms with Crippen LogP contribution in [0.3, 0.4) is 0 Å². The summed E-state index contributed by atoms with van der Waals surface area (Å²) in [7, 11) is -3.64. The molecule has 0 fully saturated rings. The predicted octanol–water partition coefficient (Wildman–Crippen LogP) is 2.20. The third-order valence-corrected chi connectivity index (χ3v) is 4.93. The van der Waals surface area contributed by atoms with Crippen LogP contribution >= 0.6 is 0 Å². The maximum absolute atomic E-state index is 12.5. The lowest BCUT2D eigenvalue weighted by Gasteiger charge is -2.21. The fourth-order valence-corrected chi connectivity index (χ4v) is 3.79. The van der Waals surface area contributed by atoms with Crippen LogP contribution in [0.5, 0.6) is 0 Å².